The molecule has 0 aromatic carbocycles. The molecule has 0 unspecified atom stereocenters. The average molecular weight is 274 g/mol. The van der Waals surface area contributed by atoms with E-state index in [9.17, 15) is 13.6 Å². The molecule has 0 amide bonds. The number of hydrogen-bond donors (Lipinski definition) is 0. The maximum Gasteiger partial charge on any atom is 0.350 e. The van der Waals surface area contributed by atoms with Crippen LogP contribution >= 0.6 is 11.6 Å². The number of hydrogen-bond acceptors (Lipinski definition) is 3. The molecule has 18 heavy (non-hydrogen) atoms. The fourth-order valence-corrected chi connectivity index (χ4v) is 4.09. The second kappa shape index (κ2) is 2.87. The third-order valence-electron chi connectivity index (χ3n) is 4.56. The molecule has 96 valence electrons. The maximum atomic E-state index is 13.1. The van der Waals surface area contributed by atoms with Crippen molar-refractivity contribution in [2.75, 3.05) is 11.4 Å². The normalized spacial score (nSPS) is 35.7. The van der Waals surface area contributed by atoms with Crippen molar-refractivity contribution in [3.8, 4) is 0 Å². The number of rotatable bonds is 1. The largest absolute Gasteiger partial charge is 0.350 e. The number of fused-ring (bicyclic) bond motifs is 1. The van der Waals surface area contributed by atoms with Crippen LogP contribution in [0.15, 0.2) is 10.9 Å². The first kappa shape index (κ1) is 10.7. The van der Waals surface area contributed by atoms with Gasteiger partial charge in [-0.3, -0.25) is 4.57 Å². The Morgan fingerprint density at radius 1 is 1.39 bits per heavy atom. The van der Waals surface area contributed by atoms with Gasteiger partial charge in [-0.15, -0.1) is 0 Å². The third kappa shape index (κ3) is 1.02. The average Bonchev–Trinajstić information content (AvgIpc) is 2.79. The van der Waals surface area contributed by atoms with Gasteiger partial charge in [0.1, 0.15) is 11.0 Å². The van der Waals surface area contributed by atoms with Crippen molar-refractivity contribution in [3.05, 3.63) is 21.7 Å². The van der Waals surface area contributed by atoms with E-state index in [4.69, 9.17) is 11.6 Å². The monoisotopic (exact) mass is 273 g/mol. The number of nitrogens with zero attached hydrogens (tertiary/aromatic N) is 3. The Balaban J connectivity index is 1.83. The van der Waals surface area contributed by atoms with E-state index >= 15 is 0 Å². The van der Waals surface area contributed by atoms with Crippen LogP contribution in [0.25, 0.3) is 0 Å². The summed E-state index contributed by atoms with van der Waals surface area (Å²) in [5.41, 5.74) is -1.57. The minimum Gasteiger partial charge on any atom is -0.349 e. The zero-order valence-electron chi connectivity index (χ0n) is 9.37. The van der Waals surface area contributed by atoms with Gasteiger partial charge < -0.3 is 4.90 Å². The Kier molecular flexibility index (Phi) is 1.71. The fourth-order valence-electron chi connectivity index (χ4n) is 3.92. The van der Waals surface area contributed by atoms with Crippen LogP contribution in [-0.4, -0.2) is 28.1 Å². The summed E-state index contributed by atoms with van der Waals surface area (Å²) in [5, 5.41) is 0.124. The second-order valence-corrected chi connectivity index (χ2v) is 6.02. The highest BCUT2D eigenvalue weighted by Crippen LogP contribution is 2.65. The van der Waals surface area contributed by atoms with Gasteiger partial charge in [0, 0.05) is 12.6 Å². The minimum absolute atomic E-state index is 0.124. The first-order chi connectivity index (χ1) is 8.46. The molecule has 3 aliphatic heterocycles. The highest BCUT2D eigenvalue weighted by atomic mass is 35.5. The van der Waals surface area contributed by atoms with E-state index in [1.165, 1.54) is 0 Å². The van der Waals surface area contributed by atoms with Crippen molar-refractivity contribution >= 4 is 17.4 Å². The molecule has 1 saturated carbocycles. The summed E-state index contributed by atoms with van der Waals surface area (Å²) in [6, 6.07) is 1.59. The van der Waals surface area contributed by atoms with E-state index in [1.54, 1.807) is 10.6 Å². The predicted octanol–water partition coefficient (Wildman–Crippen LogP) is 1.51. The van der Waals surface area contributed by atoms with Crippen molar-refractivity contribution in [3.63, 3.8) is 0 Å². The number of alkyl halides is 2. The van der Waals surface area contributed by atoms with Gasteiger partial charge in [0.15, 0.2) is 0 Å². The van der Waals surface area contributed by atoms with Crippen LogP contribution in [0.1, 0.15) is 12.8 Å². The first-order valence-corrected chi connectivity index (χ1v) is 6.17. The van der Waals surface area contributed by atoms with Crippen LogP contribution in [0.5, 0.6) is 0 Å². The smallest absolute Gasteiger partial charge is 0.349 e. The topological polar surface area (TPSA) is 38.1 Å². The zero-order valence-corrected chi connectivity index (χ0v) is 10.1. The predicted molar refractivity (Wildman–Crippen MR) is 61.3 cm³/mol. The van der Waals surface area contributed by atoms with Crippen LogP contribution < -0.4 is 10.6 Å². The highest BCUT2D eigenvalue weighted by Gasteiger charge is 2.71. The Morgan fingerprint density at radius 3 is 2.78 bits per heavy atom. The Labute approximate surface area is 106 Å². The van der Waals surface area contributed by atoms with E-state index in [0.29, 0.717) is 31.7 Å². The SMILES string of the molecule is O=c1nc(Cl)cc2n1CC13CC(C(F)F)(CN21)C3. The van der Waals surface area contributed by atoms with E-state index in [-0.39, 0.29) is 10.7 Å². The molecule has 4 heterocycles. The summed E-state index contributed by atoms with van der Waals surface area (Å²) in [6.07, 6.45) is -1.39. The lowest BCUT2D eigenvalue weighted by Crippen LogP contribution is -2.51. The first-order valence-electron chi connectivity index (χ1n) is 5.79. The lowest BCUT2D eigenvalue weighted by atomic mass is 9.62. The number of anilines is 1. The van der Waals surface area contributed by atoms with Crippen molar-refractivity contribution in [2.24, 2.45) is 5.41 Å². The van der Waals surface area contributed by atoms with Crippen LogP contribution in [-0.2, 0) is 6.54 Å². The molecule has 1 aromatic heterocycles. The standard InChI is InChI=1S/C11H10ClF2N3O/c12-6-1-7-16(9(18)15-6)5-11-2-10(3-11,8(13)14)4-17(7)11/h1,8H,2-5H2. The zero-order chi connectivity index (χ0) is 12.7. The molecule has 4 aliphatic rings. The summed E-state index contributed by atoms with van der Waals surface area (Å²) in [5.74, 6) is 0.639. The molecule has 3 fully saturated rings. The number of aromatic nitrogens is 2. The minimum atomic E-state index is -2.30. The van der Waals surface area contributed by atoms with Crippen molar-refractivity contribution in [1.29, 1.82) is 0 Å². The van der Waals surface area contributed by atoms with Crippen molar-refractivity contribution in [1.82, 2.24) is 9.55 Å². The second-order valence-electron chi connectivity index (χ2n) is 5.63. The van der Waals surface area contributed by atoms with Gasteiger partial charge in [0.05, 0.1) is 17.5 Å². The molecule has 1 aromatic rings. The van der Waals surface area contributed by atoms with Gasteiger partial charge in [0.2, 0.25) is 6.43 Å². The van der Waals surface area contributed by atoms with Gasteiger partial charge >= 0.3 is 5.69 Å². The molecule has 4 nitrogen and oxygen atoms in total. The molecule has 1 aliphatic carbocycles. The van der Waals surface area contributed by atoms with E-state index in [2.05, 4.69) is 4.98 Å². The van der Waals surface area contributed by atoms with Gasteiger partial charge in [-0.25, -0.2) is 13.6 Å². The van der Waals surface area contributed by atoms with E-state index in [0.717, 1.165) is 0 Å². The molecule has 7 heteroatoms. The Morgan fingerprint density at radius 2 is 2.11 bits per heavy atom. The lowest BCUT2D eigenvalue weighted by molar-refractivity contribution is -0.0549. The molecule has 0 atom stereocenters. The summed E-state index contributed by atoms with van der Waals surface area (Å²) in [6.45, 7) is 0.768. The molecule has 0 N–H and O–H groups in total. The summed E-state index contributed by atoms with van der Waals surface area (Å²) >= 11 is 5.78. The Bertz CT molecular complexity index is 609. The fraction of sp³-hybridized carbons (Fsp3) is 0.636. The molecule has 0 radical (unpaired) electrons. The summed E-state index contributed by atoms with van der Waals surface area (Å²) in [4.78, 5) is 17.3. The van der Waals surface area contributed by atoms with Gasteiger partial charge in [-0.1, -0.05) is 11.6 Å². The highest BCUT2D eigenvalue weighted by molar-refractivity contribution is 6.29. The van der Waals surface area contributed by atoms with E-state index in [1.807, 2.05) is 4.90 Å². The molecular formula is C11H10ClF2N3O. The summed E-state index contributed by atoms with van der Waals surface area (Å²) < 4.78 is 27.7. The van der Waals surface area contributed by atoms with Gasteiger partial charge in [-0.05, 0) is 12.8 Å². The molecular weight excluding hydrogens is 264 g/mol. The van der Waals surface area contributed by atoms with Crippen LogP contribution in [0.2, 0.25) is 5.15 Å². The molecule has 1 spiro atoms. The third-order valence-corrected chi connectivity index (χ3v) is 4.75. The quantitative estimate of drug-likeness (QED) is 0.728. The van der Waals surface area contributed by atoms with E-state index < -0.39 is 17.5 Å². The van der Waals surface area contributed by atoms with Crippen LogP contribution in [0.3, 0.4) is 0 Å². The lowest BCUT2D eigenvalue weighted by Gasteiger charge is -2.44. The van der Waals surface area contributed by atoms with Crippen LogP contribution in [0.4, 0.5) is 14.6 Å². The molecule has 2 saturated heterocycles. The van der Waals surface area contributed by atoms with Gasteiger partial charge in [0.25, 0.3) is 0 Å². The molecule has 5 rings (SSSR count). The number of halogens is 3. The summed E-state index contributed by atoms with van der Waals surface area (Å²) in [7, 11) is 0. The molecule has 2 bridgehead atoms. The van der Waals surface area contributed by atoms with Crippen LogP contribution in [0, 0.1) is 5.41 Å². The maximum absolute atomic E-state index is 13.1. The van der Waals surface area contributed by atoms with Gasteiger partial charge in [-0.2, -0.15) is 4.98 Å². The Hall–Kier alpha value is -1.17. The van der Waals surface area contributed by atoms with Crippen molar-refractivity contribution < 1.29 is 8.78 Å². The van der Waals surface area contributed by atoms with Crippen molar-refractivity contribution in [2.45, 2.75) is 31.4 Å².